The van der Waals surface area contributed by atoms with Crippen molar-refractivity contribution in [3.05, 3.63) is 17.6 Å². The summed E-state index contributed by atoms with van der Waals surface area (Å²) >= 11 is 1.76. The van der Waals surface area contributed by atoms with Gasteiger partial charge in [-0.15, -0.1) is 11.8 Å². The van der Waals surface area contributed by atoms with Crippen molar-refractivity contribution in [1.29, 1.82) is 0 Å². The van der Waals surface area contributed by atoms with E-state index in [9.17, 15) is 4.79 Å². The molecule has 1 rings (SSSR count). The van der Waals surface area contributed by atoms with E-state index in [2.05, 4.69) is 6.92 Å². The van der Waals surface area contributed by atoms with E-state index in [1.807, 2.05) is 19.9 Å². The lowest BCUT2D eigenvalue weighted by Gasteiger charge is -2.11. The fourth-order valence-corrected chi connectivity index (χ4v) is 2.89. The molecule has 1 atom stereocenters. The standard InChI is InChI=1S/C12H18O2S/c1-4-5-11(6-7-13)15-12-8-9(2)14-10(12)3/h7-8,11H,4-6H2,1-3H3. The largest absolute Gasteiger partial charge is 0.465 e. The smallest absolute Gasteiger partial charge is 0.121 e. The van der Waals surface area contributed by atoms with E-state index >= 15 is 0 Å². The first-order chi connectivity index (χ1) is 7.17. The molecule has 0 aliphatic heterocycles. The van der Waals surface area contributed by atoms with Crippen molar-refractivity contribution in [2.24, 2.45) is 0 Å². The van der Waals surface area contributed by atoms with Crippen molar-refractivity contribution in [2.45, 2.75) is 50.2 Å². The second-order valence-electron chi connectivity index (χ2n) is 3.71. The minimum absolute atomic E-state index is 0.392. The van der Waals surface area contributed by atoms with Crippen LogP contribution in [0.3, 0.4) is 0 Å². The average Bonchev–Trinajstić information content (AvgIpc) is 2.46. The number of furan rings is 1. The molecule has 1 heterocycles. The molecule has 0 radical (unpaired) electrons. The fourth-order valence-electron chi connectivity index (χ4n) is 1.56. The molecule has 0 bridgehead atoms. The molecular weight excluding hydrogens is 208 g/mol. The van der Waals surface area contributed by atoms with E-state index in [0.29, 0.717) is 11.7 Å². The molecule has 0 spiro atoms. The zero-order chi connectivity index (χ0) is 11.3. The molecule has 0 N–H and O–H groups in total. The maximum absolute atomic E-state index is 10.5. The molecule has 2 nitrogen and oxygen atoms in total. The SMILES string of the molecule is CCCC(CC=O)Sc1cc(C)oc1C. The van der Waals surface area contributed by atoms with Gasteiger partial charge in [-0.2, -0.15) is 0 Å². The summed E-state index contributed by atoms with van der Waals surface area (Å²) in [5.74, 6) is 1.90. The Morgan fingerprint density at radius 2 is 2.27 bits per heavy atom. The topological polar surface area (TPSA) is 30.2 Å². The predicted molar refractivity (Wildman–Crippen MR) is 63.4 cm³/mol. The Bertz CT molecular complexity index is 317. The van der Waals surface area contributed by atoms with Gasteiger partial charge in [0.15, 0.2) is 0 Å². The third-order valence-corrected chi connectivity index (χ3v) is 3.68. The van der Waals surface area contributed by atoms with Crippen molar-refractivity contribution in [1.82, 2.24) is 0 Å². The molecule has 1 unspecified atom stereocenters. The summed E-state index contributed by atoms with van der Waals surface area (Å²) in [5, 5.41) is 0.392. The lowest BCUT2D eigenvalue weighted by molar-refractivity contribution is -0.107. The Morgan fingerprint density at radius 3 is 2.73 bits per heavy atom. The molecule has 3 heteroatoms. The molecule has 0 aromatic carbocycles. The maximum atomic E-state index is 10.5. The summed E-state index contributed by atoms with van der Waals surface area (Å²) < 4.78 is 5.46. The quantitative estimate of drug-likeness (QED) is 0.546. The van der Waals surface area contributed by atoms with Gasteiger partial charge < -0.3 is 9.21 Å². The predicted octanol–water partition coefficient (Wildman–Crippen LogP) is 3.75. The number of aldehydes is 1. The summed E-state index contributed by atoms with van der Waals surface area (Å²) in [6.07, 6.45) is 3.83. The van der Waals surface area contributed by atoms with Crippen LogP contribution in [-0.2, 0) is 4.79 Å². The number of hydrogen-bond acceptors (Lipinski definition) is 3. The lowest BCUT2D eigenvalue weighted by Crippen LogP contribution is -2.02. The third kappa shape index (κ3) is 3.74. The number of carbonyl (C=O) groups excluding carboxylic acids is 1. The number of aryl methyl sites for hydroxylation is 2. The van der Waals surface area contributed by atoms with Crippen LogP contribution in [0.4, 0.5) is 0 Å². The molecule has 0 saturated heterocycles. The highest BCUT2D eigenvalue weighted by molar-refractivity contribution is 8.00. The molecule has 0 amide bonds. The fraction of sp³-hybridized carbons (Fsp3) is 0.583. The first-order valence-corrected chi connectivity index (χ1v) is 6.22. The van der Waals surface area contributed by atoms with Crippen molar-refractivity contribution >= 4 is 18.0 Å². The van der Waals surface area contributed by atoms with Gasteiger partial charge >= 0.3 is 0 Å². The van der Waals surface area contributed by atoms with Gasteiger partial charge in [-0.3, -0.25) is 0 Å². The van der Waals surface area contributed by atoms with Gasteiger partial charge in [-0.05, 0) is 26.3 Å². The van der Waals surface area contributed by atoms with Gasteiger partial charge in [-0.1, -0.05) is 13.3 Å². The van der Waals surface area contributed by atoms with Crippen LogP contribution in [0.25, 0.3) is 0 Å². The van der Waals surface area contributed by atoms with E-state index in [1.165, 1.54) is 4.90 Å². The second kappa shape index (κ2) is 6.01. The summed E-state index contributed by atoms with van der Waals surface area (Å²) in [6, 6.07) is 2.05. The van der Waals surface area contributed by atoms with E-state index in [0.717, 1.165) is 30.6 Å². The number of thioether (sulfide) groups is 1. The van der Waals surface area contributed by atoms with Crippen LogP contribution in [0, 0.1) is 13.8 Å². The van der Waals surface area contributed by atoms with Crippen LogP contribution in [0.5, 0.6) is 0 Å². The van der Waals surface area contributed by atoms with Gasteiger partial charge in [0.1, 0.15) is 17.8 Å². The average molecular weight is 226 g/mol. The Labute approximate surface area is 95.4 Å². The highest BCUT2D eigenvalue weighted by Crippen LogP contribution is 2.32. The summed E-state index contributed by atoms with van der Waals surface area (Å²) in [4.78, 5) is 11.7. The van der Waals surface area contributed by atoms with Gasteiger partial charge in [0.2, 0.25) is 0 Å². The highest BCUT2D eigenvalue weighted by Gasteiger charge is 2.13. The minimum atomic E-state index is 0.392. The maximum Gasteiger partial charge on any atom is 0.121 e. The van der Waals surface area contributed by atoms with Crippen molar-refractivity contribution in [3.8, 4) is 0 Å². The number of hydrogen-bond donors (Lipinski definition) is 0. The molecule has 84 valence electrons. The summed E-state index contributed by atoms with van der Waals surface area (Å²) in [6.45, 7) is 6.07. The zero-order valence-corrected chi connectivity index (χ0v) is 10.4. The van der Waals surface area contributed by atoms with E-state index in [4.69, 9.17) is 4.42 Å². The van der Waals surface area contributed by atoms with Gasteiger partial charge in [-0.25, -0.2) is 0 Å². The van der Waals surface area contributed by atoms with Crippen LogP contribution >= 0.6 is 11.8 Å². The molecule has 1 aromatic heterocycles. The molecule has 0 fully saturated rings. The van der Waals surface area contributed by atoms with Crippen LogP contribution in [0.15, 0.2) is 15.4 Å². The normalized spacial score (nSPS) is 12.7. The van der Waals surface area contributed by atoms with E-state index < -0.39 is 0 Å². The Hall–Kier alpha value is -0.700. The Kier molecular flexibility index (Phi) is 4.95. The monoisotopic (exact) mass is 226 g/mol. The number of rotatable bonds is 6. The lowest BCUT2D eigenvalue weighted by atomic mass is 10.2. The molecule has 0 saturated carbocycles. The first kappa shape index (κ1) is 12.4. The second-order valence-corrected chi connectivity index (χ2v) is 5.05. The first-order valence-electron chi connectivity index (χ1n) is 5.34. The van der Waals surface area contributed by atoms with Crippen molar-refractivity contribution in [3.63, 3.8) is 0 Å². The van der Waals surface area contributed by atoms with Crippen LogP contribution < -0.4 is 0 Å². The van der Waals surface area contributed by atoms with Crippen molar-refractivity contribution in [2.75, 3.05) is 0 Å². The zero-order valence-electron chi connectivity index (χ0n) is 9.58. The van der Waals surface area contributed by atoms with Gasteiger partial charge in [0, 0.05) is 16.6 Å². The molecule has 0 aliphatic carbocycles. The van der Waals surface area contributed by atoms with E-state index in [1.54, 1.807) is 11.8 Å². The molecule has 1 aromatic rings. The van der Waals surface area contributed by atoms with Crippen LogP contribution in [0.2, 0.25) is 0 Å². The molecule has 0 aliphatic rings. The van der Waals surface area contributed by atoms with Crippen LogP contribution in [0.1, 0.15) is 37.7 Å². The summed E-state index contributed by atoms with van der Waals surface area (Å²) in [7, 11) is 0. The minimum Gasteiger partial charge on any atom is -0.465 e. The molecular formula is C12H18O2S. The highest BCUT2D eigenvalue weighted by atomic mass is 32.2. The summed E-state index contributed by atoms with van der Waals surface area (Å²) in [5.41, 5.74) is 0. The van der Waals surface area contributed by atoms with Gasteiger partial charge in [0.05, 0.1) is 0 Å². The number of carbonyl (C=O) groups is 1. The Balaban J connectivity index is 2.64. The van der Waals surface area contributed by atoms with Crippen molar-refractivity contribution < 1.29 is 9.21 Å². The van der Waals surface area contributed by atoms with Gasteiger partial charge in [0.25, 0.3) is 0 Å². The third-order valence-electron chi connectivity index (χ3n) is 2.26. The molecule has 15 heavy (non-hydrogen) atoms. The van der Waals surface area contributed by atoms with Crippen LogP contribution in [-0.4, -0.2) is 11.5 Å². The Morgan fingerprint density at radius 1 is 1.53 bits per heavy atom. The van der Waals surface area contributed by atoms with E-state index in [-0.39, 0.29) is 0 Å².